The number of sulfonamides is 1. The molecular weight excluding hydrogens is 438 g/mol. The molecular formula is C25H35N3O4S. The Balaban J connectivity index is 2.41. The van der Waals surface area contributed by atoms with Gasteiger partial charge in [0, 0.05) is 13.6 Å². The fraction of sp³-hybridized carbons (Fsp3) is 0.440. The van der Waals surface area contributed by atoms with Gasteiger partial charge in [0.15, 0.2) is 0 Å². The third-order valence-corrected chi connectivity index (χ3v) is 6.75. The molecule has 1 atom stereocenters. The quantitative estimate of drug-likeness (QED) is 0.543. The maximum atomic E-state index is 13.5. The summed E-state index contributed by atoms with van der Waals surface area (Å²) in [7, 11) is -2.21. The summed E-state index contributed by atoms with van der Waals surface area (Å²) >= 11 is 0. The topological polar surface area (TPSA) is 86.8 Å². The van der Waals surface area contributed by atoms with Crippen molar-refractivity contribution in [3.8, 4) is 0 Å². The van der Waals surface area contributed by atoms with E-state index in [4.69, 9.17) is 0 Å². The van der Waals surface area contributed by atoms with E-state index >= 15 is 0 Å². The predicted octanol–water partition coefficient (Wildman–Crippen LogP) is 3.17. The van der Waals surface area contributed by atoms with Crippen LogP contribution in [0.4, 0.5) is 5.69 Å². The lowest BCUT2D eigenvalue weighted by molar-refractivity contribution is -0.139. The number of hydrogen-bond donors (Lipinski definition) is 1. The van der Waals surface area contributed by atoms with Gasteiger partial charge in [0.2, 0.25) is 21.8 Å². The Morgan fingerprint density at radius 1 is 1.00 bits per heavy atom. The summed E-state index contributed by atoms with van der Waals surface area (Å²) in [6.45, 7) is 5.73. The van der Waals surface area contributed by atoms with Crippen LogP contribution in [0.2, 0.25) is 0 Å². The first-order valence-corrected chi connectivity index (χ1v) is 13.1. The molecule has 2 aromatic carbocycles. The first kappa shape index (κ1) is 26.4. The van der Waals surface area contributed by atoms with E-state index in [0.29, 0.717) is 25.1 Å². The summed E-state index contributed by atoms with van der Waals surface area (Å²) in [5.74, 6) is -0.609. The predicted molar refractivity (Wildman–Crippen MR) is 133 cm³/mol. The second kappa shape index (κ2) is 11.8. The number of carbonyl (C=O) groups is 2. The van der Waals surface area contributed by atoms with E-state index in [1.54, 1.807) is 12.1 Å². The minimum absolute atomic E-state index is 0.0731. The van der Waals surface area contributed by atoms with Crippen LogP contribution in [-0.2, 0) is 26.0 Å². The van der Waals surface area contributed by atoms with Gasteiger partial charge < -0.3 is 10.2 Å². The van der Waals surface area contributed by atoms with Crippen molar-refractivity contribution in [3.63, 3.8) is 0 Å². The fourth-order valence-electron chi connectivity index (χ4n) is 3.86. The number of rotatable bonds is 11. The molecule has 8 heteroatoms. The van der Waals surface area contributed by atoms with Crippen molar-refractivity contribution in [1.29, 1.82) is 0 Å². The molecule has 0 saturated heterocycles. The summed E-state index contributed by atoms with van der Waals surface area (Å²) in [5, 5.41) is 2.62. The van der Waals surface area contributed by atoms with Crippen molar-refractivity contribution in [1.82, 2.24) is 10.2 Å². The highest BCUT2D eigenvalue weighted by atomic mass is 32.2. The van der Waals surface area contributed by atoms with Gasteiger partial charge in [0.05, 0.1) is 11.9 Å². The molecule has 7 nitrogen and oxygen atoms in total. The number of amides is 2. The summed E-state index contributed by atoms with van der Waals surface area (Å²) < 4.78 is 26.6. The van der Waals surface area contributed by atoms with E-state index in [0.717, 1.165) is 21.7 Å². The molecule has 1 unspecified atom stereocenters. The lowest BCUT2D eigenvalue weighted by Gasteiger charge is -2.33. The van der Waals surface area contributed by atoms with Gasteiger partial charge in [-0.15, -0.1) is 0 Å². The molecule has 0 bridgehead atoms. The second-order valence-electron chi connectivity index (χ2n) is 8.34. The number of hydrogen-bond acceptors (Lipinski definition) is 4. The monoisotopic (exact) mass is 473 g/mol. The molecule has 0 fully saturated rings. The largest absolute Gasteiger partial charge is 0.357 e. The third-order valence-electron chi connectivity index (χ3n) is 5.62. The molecule has 0 heterocycles. The van der Waals surface area contributed by atoms with E-state index in [2.05, 4.69) is 5.32 Å². The summed E-state index contributed by atoms with van der Waals surface area (Å²) in [6.07, 6.45) is 2.07. The zero-order valence-corrected chi connectivity index (χ0v) is 20.9. The molecule has 2 aromatic rings. The SMILES string of the molecule is CCC(C(=O)NC)N(CCc1ccccc1)C(=O)CN(c1ccccc1C(C)C)S(C)(=O)=O. The highest BCUT2D eigenvalue weighted by molar-refractivity contribution is 7.92. The van der Waals surface area contributed by atoms with Gasteiger partial charge >= 0.3 is 0 Å². The first-order valence-electron chi connectivity index (χ1n) is 11.2. The van der Waals surface area contributed by atoms with Crippen LogP contribution in [-0.4, -0.2) is 57.6 Å². The zero-order valence-electron chi connectivity index (χ0n) is 20.1. The summed E-state index contributed by atoms with van der Waals surface area (Å²) in [6, 6.07) is 16.2. The van der Waals surface area contributed by atoms with Gasteiger partial charge in [-0.3, -0.25) is 13.9 Å². The van der Waals surface area contributed by atoms with Gasteiger partial charge in [-0.05, 0) is 36.0 Å². The van der Waals surface area contributed by atoms with Crippen molar-refractivity contribution in [2.45, 2.75) is 45.6 Å². The van der Waals surface area contributed by atoms with Gasteiger partial charge in [-0.25, -0.2) is 8.42 Å². The number of para-hydroxylation sites is 1. The molecule has 0 aliphatic rings. The average Bonchev–Trinajstić information content (AvgIpc) is 2.79. The third kappa shape index (κ3) is 7.05. The molecule has 0 aromatic heterocycles. The molecule has 0 radical (unpaired) electrons. The van der Waals surface area contributed by atoms with Crippen LogP contribution in [0.5, 0.6) is 0 Å². The van der Waals surface area contributed by atoms with Crippen LogP contribution in [0.1, 0.15) is 44.2 Å². The standard InChI is InChI=1S/C25H35N3O4S/c1-6-22(25(30)26-4)27(17-16-20-12-8-7-9-13-20)24(29)18-28(33(5,31)32)23-15-11-10-14-21(23)19(2)3/h7-15,19,22H,6,16-18H2,1-5H3,(H,26,30). The van der Waals surface area contributed by atoms with Crippen molar-refractivity contribution >= 4 is 27.5 Å². The molecule has 0 aliphatic heterocycles. The van der Waals surface area contributed by atoms with Gasteiger partial charge in [-0.1, -0.05) is 69.3 Å². The number of nitrogens with one attached hydrogen (secondary N) is 1. The molecule has 1 N–H and O–H groups in total. The van der Waals surface area contributed by atoms with E-state index in [1.165, 1.54) is 11.9 Å². The van der Waals surface area contributed by atoms with Gasteiger partial charge in [0.25, 0.3) is 0 Å². The molecule has 2 amide bonds. The fourth-order valence-corrected chi connectivity index (χ4v) is 4.73. The number of carbonyl (C=O) groups excluding carboxylic acids is 2. The van der Waals surface area contributed by atoms with E-state index in [-0.39, 0.29) is 18.4 Å². The Hall–Kier alpha value is -2.87. The Morgan fingerprint density at radius 3 is 2.15 bits per heavy atom. The number of anilines is 1. The van der Waals surface area contributed by atoms with E-state index in [9.17, 15) is 18.0 Å². The summed E-state index contributed by atoms with van der Waals surface area (Å²) in [4.78, 5) is 27.6. The number of benzene rings is 2. The maximum absolute atomic E-state index is 13.5. The lowest BCUT2D eigenvalue weighted by atomic mass is 10.0. The van der Waals surface area contributed by atoms with Crippen LogP contribution < -0.4 is 9.62 Å². The van der Waals surface area contributed by atoms with Crippen molar-refractivity contribution < 1.29 is 18.0 Å². The minimum atomic E-state index is -3.74. The minimum Gasteiger partial charge on any atom is -0.357 e. The normalized spacial score (nSPS) is 12.3. The average molecular weight is 474 g/mol. The van der Waals surface area contributed by atoms with Crippen LogP contribution in [0, 0.1) is 0 Å². The second-order valence-corrected chi connectivity index (χ2v) is 10.3. The Morgan fingerprint density at radius 2 is 1.61 bits per heavy atom. The molecule has 0 saturated carbocycles. The Kier molecular flexibility index (Phi) is 9.46. The maximum Gasteiger partial charge on any atom is 0.244 e. The number of nitrogens with zero attached hydrogens (tertiary/aromatic N) is 2. The van der Waals surface area contributed by atoms with Crippen molar-refractivity contribution in [2.75, 3.05) is 30.7 Å². The Bertz CT molecular complexity index is 1040. The highest BCUT2D eigenvalue weighted by Gasteiger charge is 2.31. The summed E-state index contributed by atoms with van der Waals surface area (Å²) in [5.41, 5.74) is 2.36. The lowest BCUT2D eigenvalue weighted by Crippen LogP contribution is -2.52. The van der Waals surface area contributed by atoms with E-state index < -0.39 is 22.0 Å². The Labute approximate surface area is 197 Å². The van der Waals surface area contributed by atoms with Crippen molar-refractivity contribution in [3.05, 3.63) is 65.7 Å². The molecule has 2 rings (SSSR count). The molecule has 0 aliphatic carbocycles. The molecule has 180 valence electrons. The van der Waals surface area contributed by atoms with Gasteiger partial charge in [0.1, 0.15) is 12.6 Å². The van der Waals surface area contributed by atoms with Crippen molar-refractivity contribution in [2.24, 2.45) is 0 Å². The van der Waals surface area contributed by atoms with E-state index in [1.807, 2.05) is 63.2 Å². The highest BCUT2D eigenvalue weighted by Crippen LogP contribution is 2.29. The smallest absolute Gasteiger partial charge is 0.244 e. The first-order chi connectivity index (χ1) is 15.6. The van der Waals surface area contributed by atoms with Crippen LogP contribution in [0.3, 0.4) is 0 Å². The molecule has 33 heavy (non-hydrogen) atoms. The van der Waals surface area contributed by atoms with Crippen LogP contribution >= 0.6 is 0 Å². The zero-order chi connectivity index (χ0) is 24.6. The number of likely N-dealkylation sites (N-methyl/N-ethyl adjacent to an activating group) is 1. The molecule has 0 spiro atoms. The van der Waals surface area contributed by atoms with Crippen LogP contribution in [0.25, 0.3) is 0 Å². The van der Waals surface area contributed by atoms with Crippen LogP contribution in [0.15, 0.2) is 54.6 Å². The van der Waals surface area contributed by atoms with Gasteiger partial charge in [-0.2, -0.15) is 0 Å².